The average molecular weight is 333 g/mol. The highest BCUT2D eigenvalue weighted by Crippen LogP contribution is 2.22. The third-order valence-electron chi connectivity index (χ3n) is 3.57. The summed E-state index contributed by atoms with van der Waals surface area (Å²) in [6.45, 7) is 6.53. The van der Waals surface area contributed by atoms with E-state index in [1.807, 2.05) is 38.1 Å². The number of aromatic nitrogens is 1. The number of carbonyl (C=O) groups is 1. The number of rotatable bonds is 7. The van der Waals surface area contributed by atoms with E-state index < -0.39 is 0 Å². The smallest absolute Gasteiger partial charge is 0.225 e. The van der Waals surface area contributed by atoms with E-state index in [0.29, 0.717) is 18.2 Å². The number of nitrogen functional groups attached to an aromatic ring is 1. The molecule has 3 N–H and O–H groups in total. The minimum Gasteiger partial charge on any atom is -0.494 e. The number of hydrogen-bond donors (Lipinski definition) is 2. The number of ether oxygens (including phenoxy) is 1. The fourth-order valence-electron chi connectivity index (χ4n) is 2.39. The predicted octanol–water partition coefficient (Wildman–Crippen LogP) is 3.24. The molecule has 1 aromatic heterocycles. The molecule has 1 amide bonds. The average Bonchev–Trinajstić information content (AvgIpc) is 2.83. The third kappa shape index (κ3) is 4.69. The van der Waals surface area contributed by atoms with Crippen molar-refractivity contribution in [3.8, 4) is 5.75 Å². The fourth-order valence-corrected chi connectivity index (χ4v) is 3.22. The predicted molar refractivity (Wildman–Crippen MR) is 93.8 cm³/mol. The van der Waals surface area contributed by atoms with Crippen LogP contribution in [0, 0.1) is 6.92 Å². The van der Waals surface area contributed by atoms with Gasteiger partial charge in [-0.1, -0.05) is 19.1 Å². The number of nitrogens with zero attached hydrogens (tertiary/aromatic N) is 1. The monoisotopic (exact) mass is 333 g/mol. The quantitative estimate of drug-likeness (QED) is 0.815. The Morgan fingerprint density at radius 2 is 2.04 bits per heavy atom. The summed E-state index contributed by atoms with van der Waals surface area (Å²) in [5.41, 5.74) is 7.58. The molecule has 1 aromatic carbocycles. The van der Waals surface area contributed by atoms with Gasteiger partial charge in [-0.3, -0.25) is 4.79 Å². The van der Waals surface area contributed by atoms with Gasteiger partial charge in [0.15, 0.2) is 5.13 Å². The van der Waals surface area contributed by atoms with Crippen molar-refractivity contribution in [2.75, 3.05) is 12.3 Å². The first-order valence-electron chi connectivity index (χ1n) is 7.77. The van der Waals surface area contributed by atoms with Crippen LogP contribution in [0.2, 0.25) is 0 Å². The molecule has 2 rings (SSSR count). The maximum absolute atomic E-state index is 12.3. The van der Waals surface area contributed by atoms with Crippen LogP contribution in [0.15, 0.2) is 24.3 Å². The number of anilines is 1. The zero-order chi connectivity index (χ0) is 16.8. The summed E-state index contributed by atoms with van der Waals surface area (Å²) < 4.78 is 5.45. The third-order valence-corrected chi connectivity index (χ3v) is 4.55. The van der Waals surface area contributed by atoms with Crippen LogP contribution in [-0.4, -0.2) is 17.5 Å². The van der Waals surface area contributed by atoms with Gasteiger partial charge in [0.2, 0.25) is 5.91 Å². The molecule has 0 spiro atoms. The van der Waals surface area contributed by atoms with E-state index in [1.54, 1.807) is 0 Å². The van der Waals surface area contributed by atoms with E-state index in [1.165, 1.54) is 11.3 Å². The molecule has 2 aromatic rings. The molecule has 0 aliphatic heterocycles. The molecule has 0 radical (unpaired) electrons. The summed E-state index contributed by atoms with van der Waals surface area (Å²) in [6, 6.07) is 7.84. The molecule has 1 unspecified atom stereocenters. The summed E-state index contributed by atoms with van der Waals surface area (Å²) in [5.74, 6) is 0.825. The van der Waals surface area contributed by atoms with Crippen LogP contribution in [-0.2, 0) is 11.2 Å². The summed E-state index contributed by atoms with van der Waals surface area (Å²) in [5, 5.41) is 3.58. The lowest BCUT2D eigenvalue weighted by Crippen LogP contribution is -2.29. The van der Waals surface area contributed by atoms with Crippen LogP contribution < -0.4 is 15.8 Å². The lowest BCUT2D eigenvalue weighted by Gasteiger charge is -2.18. The van der Waals surface area contributed by atoms with E-state index in [0.717, 1.165) is 28.3 Å². The molecule has 124 valence electrons. The number of hydrogen-bond acceptors (Lipinski definition) is 5. The second kappa shape index (κ2) is 7.97. The van der Waals surface area contributed by atoms with E-state index in [-0.39, 0.29) is 11.9 Å². The largest absolute Gasteiger partial charge is 0.494 e. The van der Waals surface area contributed by atoms with Gasteiger partial charge >= 0.3 is 0 Å². The Bertz CT molecular complexity index is 652. The first-order chi connectivity index (χ1) is 11.0. The molecule has 23 heavy (non-hydrogen) atoms. The van der Waals surface area contributed by atoms with E-state index in [2.05, 4.69) is 17.2 Å². The van der Waals surface area contributed by atoms with Crippen molar-refractivity contribution in [3.63, 3.8) is 0 Å². The molecule has 0 bridgehead atoms. The first kappa shape index (κ1) is 17.3. The van der Waals surface area contributed by atoms with E-state index in [4.69, 9.17) is 10.5 Å². The highest BCUT2D eigenvalue weighted by atomic mass is 32.1. The molecule has 0 saturated carbocycles. The van der Waals surface area contributed by atoms with Gasteiger partial charge in [0, 0.05) is 4.88 Å². The molecule has 1 heterocycles. The molecule has 1 atom stereocenters. The van der Waals surface area contributed by atoms with Gasteiger partial charge in [0.25, 0.3) is 0 Å². The lowest BCUT2D eigenvalue weighted by atomic mass is 10.0. The van der Waals surface area contributed by atoms with Crippen LogP contribution in [0.25, 0.3) is 0 Å². The molecular formula is C17H23N3O2S. The van der Waals surface area contributed by atoms with Crippen LogP contribution in [0.1, 0.15) is 42.4 Å². The summed E-state index contributed by atoms with van der Waals surface area (Å²) >= 11 is 1.37. The number of thiazole rings is 1. The molecule has 0 saturated heterocycles. The maximum atomic E-state index is 12.3. The number of aryl methyl sites for hydroxylation is 1. The summed E-state index contributed by atoms with van der Waals surface area (Å²) in [7, 11) is 0. The number of nitrogens with two attached hydrogens (primary N) is 1. The Kier molecular flexibility index (Phi) is 5.98. The SMILES string of the molecule is CCOc1ccc(C(CC)NC(=O)Cc2sc(N)nc2C)cc1. The molecular weight excluding hydrogens is 310 g/mol. The number of carbonyl (C=O) groups excluding carboxylic acids is 1. The van der Waals surface area contributed by atoms with Gasteiger partial charge < -0.3 is 15.8 Å². The molecule has 0 fully saturated rings. The zero-order valence-electron chi connectivity index (χ0n) is 13.8. The fraction of sp³-hybridized carbons (Fsp3) is 0.412. The van der Waals surface area contributed by atoms with Crippen molar-refractivity contribution >= 4 is 22.4 Å². The Morgan fingerprint density at radius 3 is 2.57 bits per heavy atom. The first-order valence-corrected chi connectivity index (χ1v) is 8.59. The van der Waals surface area contributed by atoms with E-state index >= 15 is 0 Å². The lowest BCUT2D eigenvalue weighted by molar-refractivity contribution is -0.121. The minimum atomic E-state index is -0.0162. The molecule has 5 nitrogen and oxygen atoms in total. The topological polar surface area (TPSA) is 77.2 Å². The zero-order valence-corrected chi connectivity index (χ0v) is 14.6. The van der Waals surface area contributed by atoms with Gasteiger partial charge in [0.05, 0.1) is 24.8 Å². The van der Waals surface area contributed by atoms with Crippen LogP contribution in [0.5, 0.6) is 5.75 Å². The maximum Gasteiger partial charge on any atom is 0.225 e. The van der Waals surface area contributed by atoms with Crippen molar-refractivity contribution in [2.24, 2.45) is 0 Å². The molecule has 0 aliphatic rings. The molecule has 6 heteroatoms. The van der Waals surface area contributed by atoms with Crippen molar-refractivity contribution < 1.29 is 9.53 Å². The normalized spacial score (nSPS) is 12.0. The van der Waals surface area contributed by atoms with Gasteiger partial charge in [-0.25, -0.2) is 4.98 Å². The van der Waals surface area contributed by atoms with Gasteiger partial charge in [0.1, 0.15) is 5.75 Å². The van der Waals surface area contributed by atoms with Crippen molar-refractivity contribution in [1.29, 1.82) is 0 Å². The Morgan fingerprint density at radius 1 is 1.35 bits per heavy atom. The Balaban J connectivity index is 2.00. The number of nitrogens with one attached hydrogen (secondary N) is 1. The minimum absolute atomic E-state index is 0.0104. The van der Waals surface area contributed by atoms with Crippen molar-refractivity contribution in [2.45, 2.75) is 39.7 Å². The van der Waals surface area contributed by atoms with Crippen LogP contribution in [0.4, 0.5) is 5.13 Å². The second-order valence-corrected chi connectivity index (χ2v) is 6.38. The van der Waals surface area contributed by atoms with Gasteiger partial charge in [-0.15, -0.1) is 11.3 Å². The highest BCUT2D eigenvalue weighted by Gasteiger charge is 2.15. The van der Waals surface area contributed by atoms with E-state index in [9.17, 15) is 4.79 Å². The summed E-state index contributed by atoms with van der Waals surface area (Å²) in [6.07, 6.45) is 1.14. The van der Waals surface area contributed by atoms with Crippen molar-refractivity contribution in [1.82, 2.24) is 10.3 Å². The van der Waals surface area contributed by atoms with Gasteiger partial charge in [-0.2, -0.15) is 0 Å². The number of amides is 1. The van der Waals surface area contributed by atoms with Crippen molar-refractivity contribution in [3.05, 3.63) is 40.4 Å². The second-order valence-electron chi connectivity index (χ2n) is 5.27. The summed E-state index contributed by atoms with van der Waals surface area (Å²) in [4.78, 5) is 17.4. The highest BCUT2D eigenvalue weighted by molar-refractivity contribution is 7.15. The standard InChI is InChI=1S/C17H23N3O2S/c1-4-14(12-6-8-13(9-7-12)22-5-2)20-16(21)10-15-11(3)19-17(18)23-15/h6-9,14H,4-5,10H2,1-3H3,(H2,18,19)(H,20,21). The number of benzene rings is 1. The van der Waals surface area contributed by atoms with Crippen LogP contribution in [0.3, 0.4) is 0 Å². The Hall–Kier alpha value is -2.08. The van der Waals surface area contributed by atoms with Crippen LogP contribution >= 0.6 is 11.3 Å². The Labute approximate surface area is 140 Å². The molecule has 0 aliphatic carbocycles. The van der Waals surface area contributed by atoms with Gasteiger partial charge in [-0.05, 0) is 38.0 Å².